The van der Waals surface area contributed by atoms with Gasteiger partial charge in [0.15, 0.2) is 0 Å². The minimum Gasteiger partial charge on any atom is -0.223 e. The Morgan fingerprint density at radius 3 is 2.47 bits per heavy atom. The van der Waals surface area contributed by atoms with Gasteiger partial charge in [0.1, 0.15) is 10.3 Å². The first-order valence-corrected chi connectivity index (χ1v) is 5.33. The summed E-state index contributed by atoms with van der Waals surface area (Å²) in [5.74, 6) is 0. The quantitative estimate of drug-likeness (QED) is 0.562. The van der Waals surface area contributed by atoms with Crippen LogP contribution < -0.4 is 0 Å². The summed E-state index contributed by atoms with van der Waals surface area (Å²) in [4.78, 5) is 4.10. The summed E-state index contributed by atoms with van der Waals surface area (Å²) < 4.78 is 0. The van der Waals surface area contributed by atoms with Gasteiger partial charge in [0, 0.05) is 10.9 Å². The van der Waals surface area contributed by atoms with Crippen LogP contribution in [-0.4, -0.2) is 4.98 Å². The van der Waals surface area contributed by atoms with Gasteiger partial charge in [0.25, 0.3) is 0 Å². The molecule has 76 valence electrons. The molecule has 0 unspecified atom stereocenters. The lowest BCUT2D eigenvalue weighted by atomic mass is 10.1. The minimum atomic E-state index is 0.448. The summed E-state index contributed by atoms with van der Waals surface area (Å²) in [5, 5.41) is 2.88. The Morgan fingerprint density at radius 1 is 1.13 bits per heavy atom. The molecule has 0 aliphatic heterocycles. The first-order chi connectivity index (χ1) is 7.24. The fraction of sp³-hybridized carbons (Fsp3) is 0.0833. The highest BCUT2D eigenvalue weighted by Crippen LogP contribution is 2.29. The molecule has 0 radical (unpaired) electrons. The van der Waals surface area contributed by atoms with Gasteiger partial charge >= 0.3 is 0 Å². The molecule has 0 spiro atoms. The van der Waals surface area contributed by atoms with E-state index in [2.05, 4.69) is 11.6 Å². The smallest absolute Gasteiger partial charge is 0.138 e. The number of fused-ring (bicyclic) bond motifs is 1. The molecule has 0 N–H and O–H groups in total. The zero-order chi connectivity index (χ0) is 10.8. The number of pyridine rings is 1. The summed E-state index contributed by atoms with van der Waals surface area (Å²) in [6.45, 7) is 3.71. The number of rotatable bonds is 2. The van der Waals surface area contributed by atoms with Crippen LogP contribution >= 0.6 is 23.2 Å². The zero-order valence-corrected chi connectivity index (χ0v) is 9.52. The van der Waals surface area contributed by atoms with Crippen LogP contribution in [0.4, 0.5) is 0 Å². The second-order valence-electron chi connectivity index (χ2n) is 3.21. The number of halogens is 2. The molecule has 15 heavy (non-hydrogen) atoms. The van der Waals surface area contributed by atoms with Crippen molar-refractivity contribution in [2.75, 3.05) is 0 Å². The minimum absolute atomic E-state index is 0.448. The molecule has 0 bridgehead atoms. The fourth-order valence-electron chi connectivity index (χ4n) is 1.59. The number of aromatic nitrogens is 1. The SMILES string of the molecule is C=CCc1c(Cl)nc(Cl)c2ccccc12. The highest BCUT2D eigenvalue weighted by molar-refractivity contribution is 6.37. The maximum absolute atomic E-state index is 6.04. The van der Waals surface area contributed by atoms with Gasteiger partial charge in [-0.15, -0.1) is 6.58 Å². The third kappa shape index (κ3) is 1.85. The second-order valence-corrected chi connectivity index (χ2v) is 3.93. The van der Waals surface area contributed by atoms with Gasteiger partial charge in [-0.1, -0.05) is 53.5 Å². The van der Waals surface area contributed by atoms with E-state index in [9.17, 15) is 0 Å². The van der Waals surface area contributed by atoms with Crippen LogP contribution in [0.1, 0.15) is 5.56 Å². The van der Waals surface area contributed by atoms with E-state index in [0.717, 1.165) is 16.3 Å². The van der Waals surface area contributed by atoms with Crippen LogP contribution in [0, 0.1) is 0 Å². The average molecular weight is 238 g/mol. The van der Waals surface area contributed by atoms with Crippen molar-refractivity contribution in [2.45, 2.75) is 6.42 Å². The van der Waals surface area contributed by atoms with Crippen molar-refractivity contribution < 1.29 is 0 Å². The molecule has 0 fully saturated rings. The van der Waals surface area contributed by atoms with E-state index in [1.165, 1.54) is 0 Å². The van der Waals surface area contributed by atoms with Crippen molar-refractivity contribution in [1.29, 1.82) is 0 Å². The molecule has 1 aromatic carbocycles. The molecule has 1 nitrogen and oxygen atoms in total. The molecule has 0 amide bonds. The molecular formula is C12H9Cl2N. The fourth-order valence-corrected chi connectivity index (χ4v) is 2.15. The van der Waals surface area contributed by atoms with Gasteiger partial charge in [0.05, 0.1) is 0 Å². The predicted octanol–water partition coefficient (Wildman–Crippen LogP) is 4.27. The molecule has 1 aromatic heterocycles. The summed E-state index contributed by atoms with van der Waals surface area (Å²) >= 11 is 12.1. The number of hydrogen-bond acceptors (Lipinski definition) is 1. The Kier molecular flexibility index (Phi) is 2.94. The number of benzene rings is 1. The second kappa shape index (κ2) is 4.21. The topological polar surface area (TPSA) is 12.9 Å². The molecule has 1 heterocycles. The first kappa shape index (κ1) is 10.5. The Hall–Kier alpha value is -1.05. The summed E-state index contributed by atoms with van der Waals surface area (Å²) in [7, 11) is 0. The largest absolute Gasteiger partial charge is 0.223 e. The third-order valence-corrected chi connectivity index (χ3v) is 2.87. The summed E-state index contributed by atoms with van der Waals surface area (Å²) in [5.41, 5.74) is 0.978. The average Bonchev–Trinajstić information content (AvgIpc) is 2.24. The molecular weight excluding hydrogens is 229 g/mol. The van der Waals surface area contributed by atoms with Gasteiger partial charge in [-0.25, -0.2) is 4.98 Å². The van der Waals surface area contributed by atoms with Crippen LogP contribution in [0.2, 0.25) is 10.3 Å². The Balaban J connectivity index is 2.83. The lowest BCUT2D eigenvalue weighted by Crippen LogP contribution is -1.91. The van der Waals surface area contributed by atoms with Crippen LogP contribution in [0.15, 0.2) is 36.9 Å². The van der Waals surface area contributed by atoms with E-state index in [0.29, 0.717) is 16.7 Å². The lowest BCUT2D eigenvalue weighted by molar-refractivity contribution is 1.23. The molecule has 3 heteroatoms. The number of hydrogen-bond donors (Lipinski definition) is 0. The zero-order valence-electron chi connectivity index (χ0n) is 8.00. The van der Waals surface area contributed by atoms with Crippen LogP contribution in [0.5, 0.6) is 0 Å². The van der Waals surface area contributed by atoms with Crippen molar-refractivity contribution in [2.24, 2.45) is 0 Å². The molecule has 0 aliphatic carbocycles. The van der Waals surface area contributed by atoms with Crippen LogP contribution in [0.25, 0.3) is 10.8 Å². The predicted molar refractivity (Wildman–Crippen MR) is 65.7 cm³/mol. The van der Waals surface area contributed by atoms with E-state index >= 15 is 0 Å². The van der Waals surface area contributed by atoms with Gasteiger partial charge in [0.2, 0.25) is 0 Å². The highest BCUT2D eigenvalue weighted by Gasteiger charge is 2.09. The van der Waals surface area contributed by atoms with Gasteiger partial charge in [-0.3, -0.25) is 0 Å². The standard InChI is InChI=1S/C12H9Cl2N/c1-2-5-9-8-6-3-4-7-10(8)12(14)15-11(9)13/h2-4,6-7H,1,5H2. The van der Waals surface area contributed by atoms with Crippen molar-refractivity contribution in [3.05, 3.63) is 52.8 Å². The highest BCUT2D eigenvalue weighted by atomic mass is 35.5. The van der Waals surface area contributed by atoms with Crippen molar-refractivity contribution in [1.82, 2.24) is 4.98 Å². The molecule has 0 atom stereocenters. The Bertz CT molecular complexity index is 520. The van der Waals surface area contributed by atoms with Crippen LogP contribution in [-0.2, 0) is 6.42 Å². The molecule has 0 saturated heterocycles. The molecule has 2 rings (SSSR count). The lowest BCUT2D eigenvalue weighted by Gasteiger charge is -2.07. The van der Waals surface area contributed by atoms with Crippen molar-refractivity contribution >= 4 is 34.0 Å². The molecule has 0 saturated carbocycles. The van der Waals surface area contributed by atoms with E-state index in [1.54, 1.807) is 0 Å². The first-order valence-electron chi connectivity index (χ1n) is 4.57. The maximum Gasteiger partial charge on any atom is 0.138 e. The number of nitrogens with zero attached hydrogens (tertiary/aromatic N) is 1. The Morgan fingerprint density at radius 2 is 1.80 bits per heavy atom. The van der Waals surface area contributed by atoms with Crippen molar-refractivity contribution in [3.8, 4) is 0 Å². The van der Waals surface area contributed by atoms with E-state index in [1.807, 2.05) is 30.3 Å². The normalized spacial score (nSPS) is 10.5. The van der Waals surface area contributed by atoms with Crippen LogP contribution in [0.3, 0.4) is 0 Å². The van der Waals surface area contributed by atoms with E-state index in [-0.39, 0.29) is 0 Å². The monoisotopic (exact) mass is 237 g/mol. The van der Waals surface area contributed by atoms with Gasteiger partial charge < -0.3 is 0 Å². The molecule has 2 aromatic rings. The van der Waals surface area contributed by atoms with E-state index in [4.69, 9.17) is 23.2 Å². The third-order valence-electron chi connectivity index (χ3n) is 2.27. The number of allylic oxidation sites excluding steroid dienone is 1. The van der Waals surface area contributed by atoms with E-state index < -0.39 is 0 Å². The summed E-state index contributed by atoms with van der Waals surface area (Å²) in [6.07, 6.45) is 2.51. The Labute approximate surface area is 98.3 Å². The molecule has 0 aliphatic rings. The van der Waals surface area contributed by atoms with Gasteiger partial charge in [-0.05, 0) is 11.8 Å². The maximum atomic E-state index is 6.04. The van der Waals surface area contributed by atoms with Crippen molar-refractivity contribution in [3.63, 3.8) is 0 Å². The summed E-state index contributed by atoms with van der Waals surface area (Å²) in [6, 6.07) is 7.82. The van der Waals surface area contributed by atoms with Gasteiger partial charge in [-0.2, -0.15) is 0 Å².